The molecule has 0 saturated heterocycles. The van der Waals surface area contributed by atoms with Crippen LogP contribution in [0.2, 0.25) is 0 Å². The van der Waals surface area contributed by atoms with Crippen molar-refractivity contribution in [3.8, 4) is 5.69 Å². The molecular formula is C15H19N5O2. The SMILES string of the molecule is Cc1nn(-c2ccccc2)c(C)c1NC(C)C(=O)NC(N)=O. The summed E-state index contributed by atoms with van der Waals surface area (Å²) >= 11 is 0. The Hall–Kier alpha value is -2.83. The Bertz CT molecular complexity index is 693. The molecule has 2 aromatic rings. The fourth-order valence-electron chi connectivity index (χ4n) is 2.18. The van der Waals surface area contributed by atoms with Gasteiger partial charge in [-0.25, -0.2) is 9.48 Å². The maximum absolute atomic E-state index is 11.8. The van der Waals surface area contributed by atoms with Gasteiger partial charge in [-0.05, 0) is 32.9 Å². The van der Waals surface area contributed by atoms with Crippen molar-refractivity contribution in [1.82, 2.24) is 15.1 Å². The number of imide groups is 1. The first-order valence-corrected chi connectivity index (χ1v) is 6.88. The molecule has 7 nitrogen and oxygen atoms in total. The van der Waals surface area contributed by atoms with Gasteiger partial charge in [0.1, 0.15) is 6.04 Å². The molecule has 0 radical (unpaired) electrons. The maximum atomic E-state index is 11.8. The lowest BCUT2D eigenvalue weighted by Crippen LogP contribution is -2.43. The molecule has 4 N–H and O–H groups in total. The van der Waals surface area contributed by atoms with Gasteiger partial charge in [0, 0.05) is 0 Å². The Balaban J connectivity index is 2.24. The number of aryl methyl sites for hydroxylation is 1. The highest BCUT2D eigenvalue weighted by atomic mass is 16.2. The highest BCUT2D eigenvalue weighted by Gasteiger charge is 2.19. The number of hydrogen-bond acceptors (Lipinski definition) is 4. The van der Waals surface area contributed by atoms with Crippen LogP contribution in [0.15, 0.2) is 30.3 Å². The van der Waals surface area contributed by atoms with Gasteiger partial charge in [0.15, 0.2) is 0 Å². The summed E-state index contributed by atoms with van der Waals surface area (Å²) in [7, 11) is 0. The highest BCUT2D eigenvalue weighted by Crippen LogP contribution is 2.23. The van der Waals surface area contributed by atoms with Gasteiger partial charge in [0.2, 0.25) is 5.91 Å². The molecule has 3 amide bonds. The molecule has 0 saturated carbocycles. The predicted molar refractivity (Wildman–Crippen MR) is 83.8 cm³/mol. The number of hydrogen-bond donors (Lipinski definition) is 3. The first-order valence-electron chi connectivity index (χ1n) is 6.88. The molecular weight excluding hydrogens is 282 g/mol. The monoisotopic (exact) mass is 301 g/mol. The quantitative estimate of drug-likeness (QED) is 0.796. The van der Waals surface area contributed by atoms with Crippen molar-refractivity contribution >= 4 is 17.6 Å². The van der Waals surface area contributed by atoms with E-state index >= 15 is 0 Å². The minimum Gasteiger partial charge on any atom is -0.371 e. The van der Waals surface area contributed by atoms with Crippen LogP contribution in [0.5, 0.6) is 0 Å². The van der Waals surface area contributed by atoms with E-state index < -0.39 is 18.0 Å². The second kappa shape index (κ2) is 6.30. The molecule has 1 aromatic carbocycles. The Kier molecular flexibility index (Phi) is 4.45. The average Bonchev–Trinajstić information content (AvgIpc) is 2.75. The summed E-state index contributed by atoms with van der Waals surface area (Å²) < 4.78 is 1.80. The van der Waals surface area contributed by atoms with E-state index in [-0.39, 0.29) is 0 Å². The van der Waals surface area contributed by atoms with Crippen LogP contribution < -0.4 is 16.4 Å². The second-order valence-electron chi connectivity index (χ2n) is 5.01. The molecule has 1 aromatic heterocycles. The Morgan fingerprint density at radius 1 is 1.23 bits per heavy atom. The maximum Gasteiger partial charge on any atom is 0.318 e. The first-order chi connectivity index (χ1) is 10.4. The molecule has 0 bridgehead atoms. The lowest BCUT2D eigenvalue weighted by molar-refractivity contribution is -0.120. The average molecular weight is 301 g/mol. The molecule has 1 unspecified atom stereocenters. The number of carbonyl (C=O) groups excluding carboxylic acids is 2. The van der Waals surface area contributed by atoms with Crippen LogP contribution >= 0.6 is 0 Å². The predicted octanol–water partition coefficient (Wildman–Crippen LogP) is 1.48. The van der Waals surface area contributed by atoms with Crippen LogP contribution in [0.3, 0.4) is 0 Å². The summed E-state index contributed by atoms with van der Waals surface area (Å²) in [6.07, 6.45) is 0. The molecule has 116 valence electrons. The highest BCUT2D eigenvalue weighted by molar-refractivity contribution is 5.97. The molecule has 22 heavy (non-hydrogen) atoms. The van der Waals surface area contributed by atoms with Crippen LogP contribution in [0.4, 0.5) is 10.5 Å². The summed E-state index contributed by atoms with van der Waals surface area (Å²) in [5, 5.41) is 9.61. The lowest BCUT2D eigenvalue weighted by atomic mass is 10.2. The fraction of sp³-hybridized carbons (Fsp3) is 0.267. The van der Waals surface area contributed by atoms with Crippen LogP contribution in [-0.2, 0) is 4.79 Å². The smallest absolute Gasteiger partial charge is 0.318 e. The topological polar surface area (TPSA) is 102 Å². The van der Waals surface area contributed by atoms with Gasteiger partial charge in [-0.1, -0.05) is 18.2 Å². The van der Waals surface area contributed by atoms with E-state index in [9.17, 15) is 9.59 Å². The number of nitrogens with two attached hydrogens (primary N) is 1. The Morgan fingerprint density at radius 3 is 2.45 bits per heavy atom. The molecule has 1 heterocycles. The van der Waals surface area contributed by atoms with Crippen LogP contribution in [-0.4, -0.2) is 27.8 Å². The van der Waals surface area contributed by atoms with E-state index in [0.717, 1.165) is 22.8 Å². The summed E-state index contributed by atoms with van der Waals surface area (Å²) in [6, 6.07) is 8.22. The van der Waals surface area contributed by atoms with Crippen LogP contribution in [0.1, 0.15) is 18.3 Å². The number of carbonyl (C=O) groups is 2. The van der Waals surface area contributed by atoms with Crippen molar-refractivity contribution in [2.24, 2.45) is 5.73 Å². The van der Waals surface area contributed by atoms with Gasteiger partial charge in [-0.2, -0.15) is 5.10 Å². The minimum atomic E-state index is -0.868. The largest absolute Gasteiger partial charge is 0.371 e. The van der Waals surface area contributed by atoms with E-state index in [1.165, 1.54) is 0 Å². The van der Waals surface area contributed by atoms with Crippen molar-refractivity contribution in [3.63, 3.8) is 0 Å². The number of amides is 3. The van der Waals surface area contributed by atoms with E-state index in [1.54, 1.807) is 11.6 Å². The van der Waals surface area contributed by atoms with Gasteiger partial charge in [-0.15, -0.1) is 0 Å². The van der Waals surface area contributed by atoms with E-state index in [4.69, 9.17) is 5.73 Å². The molecule has 0 aliphatic heterocycles. The number of nitrogens with zero attached hydrogens (tertiary/aromatic N) is 2. The summed E-state index contributed by atoms with van der Waals surface area (Å²) in [5.74, 6) is -0.487. The zero-order valence-electron chi connectivity index (χ0n) is 12.8. The standard InChI is InChI=1S/C15H19N5O2/c1-9-13(17-10(2)14(21)18-15(16)22)11(3)20(19-9)12-7-5-4-6-8-12/h4-8,10,17H,1-3H3,(H3,16,18,21,22). The van der Waals surface area contributed by atoms with Crippen molar-refractivity contribution in [2.75, 3.05) is 5.32 Å². The first kappa shape index (κ1) is 15.6. The number of benzene rings is 1. The molecule has 0 fully saturated rings. The van der Waals surface area contributed by atoms with Gasteiger partial charge < -0.3 is 11.1 Å². The number of nitrogens with one attached hydrogen (secondary N) is 2. The fourth-order valence-corrected chi connectivity index (χ4v) is 2.18. The molecule has 2 rings (SSSR count). The van der Waals surface area contributed by atoms with E-state index in [1.807, 2.05) is 44.2 Å². The third-order valence-electron chi connectivity index (χ3n) is 3.29. The van der Waals surface area contributed by atoms with Gasteiger partial charge in [0.05, 0.1) is 22.8 Å². The molecule has 7 heteroatoms. The number of primary amides is 1. The van der Waals surface area contributed by atoms with E-state index in [2.05, 4.69) is 15.7 Å². The normalized spacial score (nSPS) is 11.8. The Morgan fingerprint density at radius 2 is 1.86 bits per heavy atom. The van der Waals surface area contributed by atoms with E-state index in [0.29, 0.717) is 0 Å². The summed E-state index contributed by atoms with van der Waals surface area (Å²) in [4.78, 5) is 22.5. The number of para-hydroxylation sites is 1. The number of anilines is 1. The summed E-state index contributed by atoms with van der Waals surface area (Å²) in [5.41, 5.74) is 8.29. The summed E-state index contributed by atoms with van der Waals surface area (Å²) in [6.45, 7) is 5.42. The number of aromatic nitrogens is 2. The zero-order chi connectivity index (χ0) is 16.3. The van der Waals surface area contributed by atoms with Crippen LogP contribution in [0.25, 0.3) is 5.69 Å². The van der Waals surface area contributed by atoms with Crippen LogP contribution in [0, 0.1) is 13.8 Å². The number of rotatable bonds is 4. The van der Waals surface area contributed by atoms with Gasteiger partial charge >= 0.3 is 6.03 Å². The lowest BCUT2D eigenvalue weighted by Gasteiger charge is -2.14. The zero-order valence-corrected chi connectivity index (χ0v) is 12.8. The van der Waals surface area contributed by atoms with Crippen molar-refractivity contribution < 1.29 is 9.59 Å². The molecule has 0 aliphatic rings. The van der Waals surface area contributed by atoms with Crippen molar-refractivity contribution in [3.05, 3.63) is 41.7 Å². The Labute approximate surface area is 128 Å². The third-order valence-corrected chi connectivity index (χ3v) is 3.29. The molecule has 1 atom stereocenters. The van der Waals surface area contributed by atoms with Crippen molar-refractivity contribution in [1.29, 1.82) is 0 Å². The molecule has 0 aliphatic carbocycles. The second-order valence-corrected chi connectivity index (χ2v) is 5.01. The van der Waals surface area contributed by atoms with Crippen molar-refractivity contribution in [2.45, 2.75) is 26.8 Å². The minimum absolute atomic E-state index is 0.487. The molecule has 0 spiro atoms. The third kappa shape index (κ3) is 3.25. The number of urea groups is 1. The van der Waals surface area contributed by atoms with Gasteiger partial charge in [0.25, 0.3) is 0 Å². The van der Waals surface area contributed by atoms with Gasteiger partial charge in [-0.3, -0.25) is 10.1 Å².